The lowest BCUT2D eigenvalue weighted by Gasteiger charge is -2.11. The van der Waals surface area contributed by atoms with Gasteiger partial charge in [0.1, 0.15) is 11.8 Å². The van der Waals surface area contributed by atoms with Crippen LogP contribution >= 0.6 is 0 Å². The van der Waals surface area contributed by atoms with Crippen molar-refractivity contribution in [3.8, 4) is 11.9 Å². The molecule has 1 heterocycles. The first-order valence-corrected chi connectivity index (χ1v) is 3.93. The maximum atomic E-state index is 11.9. The molecule has 1 aromatic rings. The number of nitrogens with zero attached hydrogens (tertiary/aromatic N) is 2. The summed E-state index contributed by atoms with van der Waals surface area (Å²) in [4.78, 5) is 3.32. The number of nitrogen functional groups attached to an aromatic ring is 1. The average Bonchev–Trinajstić information content (AvgIpc) is 2.19. The van der Waals surface area contributed by atoms with Gasteiger partial charge in [0.2, 0.25) is 5.88 Å². The predicted molar refractivity (Wildman–Crippen MR) is 46.0 cm³/mol. The van der Waals surface area contributed by atoms with Crippen molar-refractivity contribution >= 4 is 5.69 Å². The highest BCUT2D eigenvalue weighted by Crippen LogP contribution is 2.29. The van der Waals surface area contributed by atoms with Gasteiger partial charge in [-0.1, -0.05) is 0 Å². The quantitative estimate of drug-likeness (QED) is 0.792. The Kier molecular flexibility index (Phi) is 3.20. The number of nitriles is 1. The molecule has 86 valence electrons. The standard InChI is InChI=1S/C8H6F3N3O2/c9-8(10,11)16-7-6(13)4(2-12)1-5(3-15)14-7/h1,15H,3,13H2. The van der Waals surface area contributed by atoms with Gasteiger partial charge in [-0.25, -0.2) is 4.98 Å². The fourth-order valence-corrected chi connectivity index (χ4v) is 0.943. The minimum atomic E-state index is -4.96. The molecule has 0 unspecified atom stereocenters. The largest absolute Gasteiger partial charge is 0.574 e. The van der Waals surface area contributed by atoms with E-state index in [-0.39, 0.29) is 11.3 Å². The number of nitrogens with two attached hydrogens (primary N) is 1. The van der Waals surface area contributed by atoms with Crippen LogP contribution in [-0.2, 0) is 6.61 Å². The number of pyridine rings is 1. The van der Waals surface area contributed by atoms with Gasteiger partial charge in [0.15, 0.2) is 0 Å². The van der Waals surface area contributed by atoms with E-state index < -0.39 is 24.5 Å². The Morgan fingerprint density at radius 2 is 2.19 bits per heavy atom. The topological polar surface area (TPSA) is 92.2 Å². The SMILES string of the molecule is N#Cc1cc(CO)nc(OC(F)(F)F)c1N. The molecule has 0 radical (unpaired) electrons. The normalized spacial score (nSPS) is 10.9. The molecule has 0 aromatic carbocycles. The molecular weight excluding hydrogens is 227 g/mol. The first kappa shape index (κ1) is 12.1. The average molecular weight is 233 g/mol. The number of anilines is 1. The molecular formula is C8H6F3N3O2. The van der Waals surface area contributed by atoms with E-state index in [0.29, 0.717) is 0 Å². The molecule has 0 atom stereocenters. The molecule has 8 heteroatoms. The lowest BCUT2D eigenvalue weighted by atomic mass is 10.2. The molecule has 0 aliphatic rings. The van der Waals surface area contributed by atoms with E-state index in [0.717, 1.165) is 6.07 Å². The third kappa shape index (κ3) is 2.74. The summed E-state index contributed by atoms with van der Waals surface area (Å²) in [5.74, 6) is -0.935. The van der Waals surface area contributed by atoms with Gasteiger partial charge in [0, 0.05) is 0 Å². The number of hydrogen-bond acceptors (Lipinski definition) is 5. The number of aliphatic hydroxyl groups excluding tert-OH is 1. The number of aliphatic hydroxyl groups is 1. The van der Waals surface area contributed by atoms with Crippen LogP contribution in [0, 0.1) is 11.3 Å². The van der Waals surface area contributed by atoms with E-state index in [1.165, 1.54) is 0 Å². The van der Waals surface area contributed by atoms with Gasteiger partial charge in [-0.2, -0.15) is 5.26 Å². The first-order valence-electron chi connectivity index (χ1n) is 3.93. The summed E-state index contributed by atoms with van der Waals surface area (Å²) in [5.41, 5.74) is 4.34. The van der Waals surface area contributed by atoms with Crippen molar-refractivity contribution in [2.24, 2.45) is 0 Å². The van der Waals surface area contributed by atoms with Crippen LogP contribution in [0.5, 0.6) is 5.88 Å². The molecule has 0 bridgehead atoms. The third-order valence-corrected chi connectivity index (χ3v) is 1.57. The first-order chi connectivity index (χ1) is 7.37. The van der Waals surface area contributed by atoms with E-state index in [2.05, 4.69) is 9.72 Å². The third-order valence-electron chi connectivity index (χ3n) is 1.57. The second kappa shape index (κ2) is 4.24. The zero-order chi connectivity index (χ0) is 12.3. The summed E-state index contributed by atoms with van der Waals surface area (Å²) in [6.45, 7) is -0.622. The van der Waals surface area contributed by atoms with Crippen molar-refractivity contribution in [3.63, 3.8) is 0 Å². The number of alkyl halides is 3. The van der Waals surface area contributed by atoms with Gasteiger partial charge in [-0.05, 0) is 6.07 Å². The Labute approximate surface area is 87.9 Å². The fourth-order valence-electron chi connectivity index (χ4n) is 0.943. The molecule has 1 aromatic heterocycles. The number of hydrogen-bond donors (Lipinski definition) is 2. The molecule has 0 spiro atoms. The van der Waals surface area contributed by atoms with Crippen LogP contribution in [0.25, 0.3) is 0 Å². The van der Waals surface area contributed by atoms with Gasteiger partial charge in [0.05, 0.1) is 17.9 Å². The number of aromatic nitrogens is 1. The smallest absolute Gasteiger partial charge is 0.393 e. The highest BCUT2D eigenvalue weighted by molar-refractivity contribution is 5.60. The van der Waals surface area contributed by atoms with Gasteiger partial charge >= 0.3 is 6.36 Å². The van der Waals surface area contributed by atoms with Crippen molar-refractivity contribution in [2.75, 3.05) is 5.73 Å². The summed E-state index contributed by atoms with van der Waals surface area (Å²) < 4.78 is 39.3. The van der Waals surface area contributed by atoms with Crippen molar-refractivity contribution in [1.29, 1.82) is 5.26 Å². The predicted octanol–water partition coefficient (Wildman–Crippen LogP) is 0.926. The summed E-state index contributed by atoms with van der Waals surface area (Å²) in [6.07, 6.45) is -4.96. The lowest BCUT2D eigenvalue weighted by Crippen LogP contribution is -2.19. The van der Waals surface area contributed by atoms with Crippen LogP contribution in [-0.4, -0.2) is 16.5 Å². The monoisotopic (exact) mass is 233 g/mol. The number of rotatable bonds is 2. The molecule has 16 heavy (non-hydrogen) atoms. The van der Waals surface area contributed by atoms with Gasteiger partial charge in [-0.3, -0.25) is 0 Å². The zero-order valence-electron chi connectivity index (χ0n) is 7.75. The molecule has 1 rings (SSSR count). The number of ether oxygens (including phenoxy) is 1. The molecule has 3 N–H and O–H groups in total. The molecule has 0 saturated carbocycles. The van der Waals surface area contributed by atoms with Crippen LogP contribution in [0.2, 0.25) is 0 Å². The Balaban J connectivity index is 3.23. The maximum absolute atomic E-state index is 11.9. The summed E-state index contributed by atoms with van der Waals surface area (Å²) >= 11 is 0. The van der Waals surface area contributed by atoms with Crippen LogP contribution in [0.1, 0.15) is 11.3 Å². The Morgan fingerprint density at radius 1 is 1.56 bits per heavy atom. The summed E-state index contributed by atoms with van der Waals surface area (Å²) in [5, 5.41) is 17.3. The highest BCUT2D eigenvalue weighted by Gasteiger charge is 2.33. The van der Waals surface area contributed by atoms with Crippen LogP contribution in [0.15, 0.2) is 6.07 Å². The van der Waals surface area contributed by atoms with Gasteiger partial charge < -0.3 is 15.6 Å². The van der Waals surface area contributed by atoms with Crippen molar-refractivity contribution < 1.29 is 23.0 Å². The van der Waals surface area contributed by atoms with E-state index in [1.54, 1.807) is 6.07 Å². The van der Waals surface area contributed by atoms with Crippen molar-refractivity contribution in [3.05, 3.63) is 17.3 Å². The fraction of sp³-hybridized carbons (Fsp3) is 0.250. The van der Waals surface area contributed by atoms with E-state index in [4.69, 9.17) is 16.1 Å². The Hall–Kier alpha value is -2.01. The van der Waals surface area contributed by atoms with Crippen LogP contribution in [0.4, 0.5) is 18.9 Å². The molecule has 5 nitrogen and oxygen atoms in total. The summed E-state index contributed by atoms with van der Waals surface area (Å²) in [7, 11) is 0. The van der Waals surface area contributed by atoms with Crippen molar-refractivity contribution in [2.45, 2.75) is 13.0 Å². The molecule has 0 amide bonds. The minimum absolute atomic E-state index is 0.134. The maximum Gasteiger partial charge on any atom is 0.574 e. The van der Waals surface area contributed by atoms with Crippen LogP contribution in [0.3, 0.4) is 0 Å². The second-order valence-electron chi connectivity index (χ2n) is 2.70. The highest BCUT2D eigenvalue weighted by atomic mass is 19.4. The van der Waals surface area contributed by atoms with E-state index in [9.17, 15) is 13.2 Å². The Morgan fingerprint density at radius 3 is 2.62 bits per heavy atom. The molecule has 0 aliphatic heterocycles. The summed E-state index contributed by atoms with van der Waals surface area (Å²) in [6, 6.07) is 2.65. The second-order valence-corrected chi connectivity index (χ2v) is 2.70. The van der Waals surface area contributed by atoms with E-state index >= 15 is 0 Å². The Bertz CT molecular complexity index is 439. The lowest BCUT2D eigenvalue weighted by molar-refractivity contribution is -0.275. The zero-order valence-corrected chi connectivity index (χ0v) is 7.75. The minimum Gasteiger partial charge on any atom is -0.393 e. The van der Waals surface area contributed by atoms with E-state index in [1.807, 2.05) is 0 Å². The van der Waals surface area contributed by atoms with Gasteiger partial charge in [-0.15, -0.1) is 13.2 Å². The number of halogens is 3. The van der Waals surface area contributed by atoms with Crippen molar-refractivity contribution in [1.82, 2.24) is 4.98 Å². The molecule has 0 fully saturated rings. The van der Waals surface area contributed by atoms with Gasteiger partial charge in [0.25, 0.3) is 0 Å². The molecule has 0 aliphatic carbocycles. The molecule has 0 saturated heterocycles. The van der Waals surface area contributed by atoms with Crippen LogP contribution < -0.4 is 10.5 Å².